The number of aliphatic imine (C=N–C) groups is 1. The van der Waals surface area contributed by atoms with Crippen molar-refractivity contribution in [1.29, 1.82) is 0 Å². The van der Waals surface area contributed by atoms with Crippen LogP contribution in [-0.4, -0.2) is 43.9 Å². The van der Waals surface area contributed by atoms with E-state index in [0.717, 1.165) is 44.9 Å². The molecule has 3 N–H and O–H groups in total. The first kappa shape index (κ1) is 23.2. The number of hydrogen-bond acceptors (Lipinski definition) is 4. The van der Waals surface area contributed by atoms with Crippen molar-refractivity contribution in [2.45, 2.75) is 46.1 Å². The maximum Gasteiger partial charge on any atom is 0.191 e. The Hall–Kier alpha value is -0.800. The minimum absolute atomic E-state index is 0. The molecule has 0 aromatic carbocycles. The molecule has 0 fully saturated rings. The SMILES string of the molecule is CCNC(=NCC(C)(O)c1ccc(C)o1)NCCCCOCC.I. The highest BCUT2D eigenvalue weighted by atomic mass is 127. The van der Waals surface area contributed by atoms with Crippen molar-refractivity contribution < 1.29 is 14.3 Å². The quantitative estimate of drug-likeness (QED) is 0.220. The van der Waals surface area contributed by atoms with Crippen LogP contribution < -0.4 is 10.6 Å². The molecule has 0 aliphatic heterocycles. The van der Waals surface area contributed by atoms with Gasteiger partial charge in [-0.05, 0) is 52.7 Å². The molecule has 1 heterocycles. The zero-order valence-corrected chi connectivity index (χ0v) is 17.6. The van der Waals surface area contributed by atoms with E-state index < -0.39 is 5.60 Å². The van der Waals surface area contributed by atoms with Gasteiger partial charge in [0.05, 0.1) is 6.54 Å². The summed E-state index contributed by atoms with van der Waals surface area (Å²) in [5, 5.41) is 17.0. The Bertz CT molecular complexity index is 475. The van der Waals surface area contributed by atoms with Gasteiger partial charge >= 0.3 is 0 Å². The molecule has 1 rings (SSSR count). The number of furan rings is 1. The highest BCUT2D eigenvalue weighted by molar-refractivity contribution is 14.0. The molecule has 0 aliphatic carbocycles. The fourth-order valence-electron chi connectivity index (χ4n) is 2.06. The molecular formula is C17H32IN3O3. The van der Waals surface area contributed by atoms with Crippen molar-refractivity contribution >= 4 is 29.9 Å². The zero-order valence-electron chi connectivity index (χ0n) is 15.2. The van der Waals surface area contributed by atoms with E-state index in [9.17, 15) is 5.11 Å². The number of halogens is 1. The Labute approximate surface area is 162 Å². The number of ether oxygens (including phenoxy) is 1. The molecule has 0 saturated heterocycles. The number of rotatable bonds is 10. The van der Waals surface area contributed by atoms with E-state index in [1.807, 2.05) is 26.8 Å². The second-order valence-corrected chi connectivity index (χ2v) is 5.71. The lowest BCUT2D eigenvalue weighted by molar-refractivity contribution is 0.0428. The molecule has 24 heavy (non-hydrogen) atoms. The van der Waals surface area contributed by atoms with Crippen molar-refractivity contribution in [2.75, 3.05) is 32.8 Å². The van der Waals surface area contributed by atoms with Crippen LogP contribution in [0.4, 0.5) is 0 Å². The highest BCUT2D eigenvalue weighted by Crippen LogP contribution is 2.22. The van der Waals surface area contributed by atoms with E-state index in [4.69, 9.17) is 9.15 Å². The lowest BCUT2D eigenvalue weighted by atomic mass is 10.0. The van der Waals surface area contributed by atoms with E-state index in [-0.39, 0.29) is 30.5 Å². The molecule has 6 nitrogen and oxygen atoms in total. The van der Waals surface area contributed by atoms with Crippen LogP contribution in [-0.2, 0) is 10.3 Å². The number of aryl methyl sites for hydroxylation is 1. The lowest BCUT2D eigenvalue weighted by Crippen LogP contribution is -2.39. The number of nitrogens with one attached hydrogen (secondary N) is 2. The van der Waals surface area contributed by atoms with Crippen LogP contribution in [0.2, 0.25) is 0 Å². The summed E-state index contributed by atoms with van der Waals surface area (Å²) in [5.41, 5.74) is -1.12. The highest BCUT2D eigenvalue weighted by Gasteiger charge is 2.26. The van der Waals surface area contributed by atoms with Crippen LogP contribution in [0.3, 0.4) is 0 Å². The van der Waals surface area contributed by atoms with E-state index in [2.05, 4.69) is 15.6 Å². The fourth-order valence-corrected chi connectivity index (χ4v) is 2.06. The molecule has 0 amide bonds. The van der Waals surface area contributed by atoms with Crippen molar-refractivity contribution in [3.05, 3.63) is 23.7 Å². The fraction of sp³-hybridized carbons (Fsp3) is 0.706. The molecular weight excluding hydrogens is 421 g/mol. The van der Waals surface area contributed by atoms with Crippen LogP contribution in [0, 0.1) is 6.92 Å². The molecule has 0 aliphatic rings. The molecule has 140 valence electrons. The number of hydrogen-bond donors (Lipinski definition) is 3. The van der Waals surface area contributed by atoms with Gasteiger partial charge in [0.2, 0.25) is 0 Å². The third-order valence-corrected chi connectivity index (χ3v) is 3.37. The summed E-state index contributed by atoms with van der Waals surface area (Å²) < 4.78 is 10.8. The van der Waals surface area contributed by atoms with Gasteiger partial charge in [0.15, 0.2) is 5.96 Å². The Morgan fingerprint density at radius 2 is 2.04 bits per heavy atom. The van der Waals surface area contributed by atoms with Crippen molar-refractivity contribution in [3.8, 4) is 0 Å². The maximum atomic E-state index is 10.5. The monoisotopic (exact) mass is 453 g/mol. The standard InChI is InChI=1S/C17H31N3O3.HI/c1-5-18-16(19-11-7-8-12-22-6-2)20-13-17(4,21)15-10-9-14(3)23-15;/h9-10,21H,5-8,11-13H2,1-4H3,(H2,18,19,20);1H. The third kappa shape index (κ3) is 8.89. The number of guanidine groups is 1. The molecule has 1 aromatic rings. The van der Waals surface area contributed by atoms with Crippen LogP contribution in [0.15, 0.2) is 21.5 Å². The van der Waals surface area contributed by atoms with Gasteiger partial charge in [-0.1, -0.05) is 0 Å². The zero-order chi connectivity index (χ0) is 17.1. The average molecular weight is 453 g/mol. The van der Waals surface area contributed by atoms with Gasteiger partial charge in [0, 0.05) is 26.3 Å². The van der Waals surface area contributed by atoms with Gasteiger partial charge in [-0.15, -0.1) is 24.0 Å². The molecule has 1 unspecified atom stereocenters. The first-order valence-corrected chi connectivity index (χ1v) is 8.38. The smallest absolute Gasteiger partial charge is 0.191 e. The summed E-state index contributed by atoms with van der Waals surface area (Å²) in [6.07, 6.45) is 2.03. The van der Waals surface area contributed by atoms with Crippen molar-refractivity contribution in [3.63, 3.8) is 0 Å². The van der Waals surface area contributed by atoms with Crippen LogP contribution in [0.1, 0.15) is 45.1 Å². The van der Waals surface area contributed by atoms with E-state index in [1.54, 1.807) is 13.0 Å². The molecule has 0 spiro atoms. The van der Waals surface area contributed by atoms with Gasteiger partial charge < -0.3 is 24.9 Å². The topological polar surface area (TPSA) is 79.0 Å². The second-order valence-electron chi connectivity index (χ2n) is 5.71. The van der Waals surface area contributed by atoms with E-state index in [1.165, 1.54) is 0 Å². The number of nitrogens with zero attached hydrogens (tertiary/aromatic N) is 1. The summed E-state index contributed by atoms with van der Waals surface area (Å²) >= 11 is 0. The first-order valence-electron chi connectivity index (χ1n) is 8.38. The number of unbranched alkanes of at least 4 members (excludes halogenated alkanes) is 1. The summed E-state index contributed by atoms with van der Waals surface area (Å²) in [5.74, 6) is 2.02. The Morgan fingerprint density at radius 1 is 1.29 bits per heavy atom. The summed E-state index contributed by atoms with van der Waals surface area (Å²) in [4.78, 5) is 4.46. The normalized spacial score (nSPS) is 14.0. The molecule has 0 saturated carbocycles. The van der Waals surface area contributed by atoms with Gasteiger partial charge in [-0.2, -0.15) is 0 Å². The Kier molecular flexibility index (Phi) is 12.1. The van der Waals surface area contributed by atoms with Crippen molar-refractivity contribution in [1.82, 2.24) is 10.6 Å². The lowest BCUT2D eigenvalue weighted by Gasteiger charge is -2.19. The van der Waals surface area contributed by atoms with Gasteiger partial charge in [-0.25, -0.2) is 4.99 Å². The van der Waals surface area contributed by atoms with Crippen LogP contribution >= 0.6 is 24.0 Å². The molecule has 1 aromatic heterocycles. The van der Waals surface area contributed by atoms with Gasteiger partial charge in [0.1, 0.15) is 17.1 Å². The third-order valence-electron chi connectivity index (χ3n) is 3.37. The summed E-state index contributed by atoms with van der Waals surface area (Å²) in [6, 6.07) is 3.63. The predicted molar refractivity (Wildman–Crippen MR) is 108 cm³/mol. The minimum Gasteiger partial charge on any atom is -0.463 e. The van der Waals surface area contributed by atoms with Gasteiger partial charge in [0.25, 0.3) is 0 Å². The Morgan fingerprint density at radius 3 is 2.62 bits per heavy atom. The second kappa shape index (κ2) is 12.5. The molecule has 0 radical (unpaired) electrons. The van der Waals surface area contributed by atoms with E-state index in [0.29, 0.717) is 11.7 Å². The number of aliphatic hydroxyl groups is 1. The molecule has 1 atom stereocenters. The van der Waals surface area contributed by atoms with Crippen LogP contribution in [0.25, 0.3) is 0 Å². The largest absolute Gasteiger partial charge is 0.463 e. The van der Waals surface area contributed by atoms with Crippen LogP contribution in [0.5, 0.6) is 0 Å². The summed E-state index contributed by atoms with van der Waals surface area (Å²) in [6.45, 7) is 11.0. The predicted octanol–water partition coefficient (Wildman–Crippen LogP) is 2.79. The minimum atomic E-state index is -1.12. The summed E-state index contributed by atoms with van der Waals surface area (Å²) in [7, 11) is 0. The first-order chi connectivity index (χ1) is 11.0. The van der Waals surface area contributed by atoms with E-state index >= 15 is 0 Å². The Balaban J connectivity index is 0.00000529. The van der Waals surface area contributed by atoms with Crippen molar-refractivity contribution in [2.24, 2.45) is 4.99 Å². The molecule has 0 bridgehead atoms. The average Bonchev–Trinajstić information content (AvgIpc) is 2.95. The molecule has 7 heteroatoms. The maximum absolute atomic E-state index is 10.5. The van der Waals surface area contributed by atoms with Gasteiger partial charge in [-0.3, -0.25) is 0 Å².